The SMILES string of the molecule is O=C(c1ccc(Cl)cc1)[C@H]1[C@@H]2C(=O)N(c3ccccc3)C(=O)[C@@H]2[C@@H]2C=CC=NN21. The molecule has 2 amide bonds. The van der Waals surface area contributed by atoms with Crippen LogP contribution in [0.15, 0.2) is 71.9 Å². The Morgan fingerprint density at radius 2 is 1.62 bits per heavy atom. The van der Waals surface area contributed by atoms with E-state index in [1.165, 1.54) is 4.90 Å². The van der Waals surface area contributed by atoms with Gasteiger partial charge in [0.2, 0.25) is 11.8 Å². The predicted octanol–water partition coefficient (Wildman–Crippen LogP) is 2.94. The molecule has 2 aromatic rings. The van der Waals surface area contributed by atoms with Crippen molar-refractivity contribution in [3.63, 3.8) is 0 Å². The minimum absolute atomic E-state index is 0.248. The number of hydrazone groups is 1. The van der Waals surface area contributed by atoms with Crippen LogP contribution in [0.2, 0.25) is 5.02 Å². The van der Waals surface area contributed by atoms with E-state index in [1.54, 1.807) is 65.8 Å². The smallest absolute Gasteiger partial charge is 0.240 e. The minimum atomic E-state index is -0.850. The van der Waals surface area contributed by atoms with Crippen LogP contribution in [0.3, 0.4) is 0 Å². The maximum atomic E-state index is 13.4. The van der Waals surface area contributed by atoms with Crippen molar-refractivity contribution in [3.05, 3.63) is 77.3 Å². The molecular formula is C22H16ClN3O3. The number of ketones is 1. The van der Waals surface area contributed by atoms with Crippen molar-refractivity contribution in [2.75, 3.05) is 4.90 Å². The predicted molar refractivity (Wildman–Crippen MR) is 109 cm³/mol. The van der Waals surface area contributed by atoms with Crippen LogP contribution < -0.4 is 4.90 Å². The Morgan fingerprint density at radius 3 is 2.34 bits per heavy atom. The van der Waals surface area contributed by atoms with E-state index in [1.807, 2.05) is 12.1 Å². The quantitative estimate of drug-likeness (QED) is 0.581. The Kier molecular flexibility index (Phi) is 4.10. The van der Waals surface area contributed by atoms with E-state index in [9.17, 15) is 14.4 Å². The van der Waals surface area contributed by atoms with Crippen LogP contribution in [-0.2, 0) is 9.59 Å². The summed E-state index contributed by atoms with van der Waals surface area (Å²) in [5.41, 5.74) is 0.950. The molecule has 144 valence electrons. The Balaban J connectivity index is 1.58. The molecule has 4 atom stereocenters. The summed E-state index contributed by atoms with van der Waals surface area (Å²) in [6.07, 6.45) is 5.15. The van der Waals surface area contributed by atoms with Crippen LogP contribution in [0.4, 0.5) is 5.69 Å². The van der Waals surface area contributed by atoms with Crippen LogP contribution in [0.5, 0.6) is 0 Å². The van der Waals surface area contributed by atoms with Crippen molar-refractivity contribution >= 4 is 41.1 Å². The molecule has 0 aliphatic carbocycles. The van der Waals surface area contributed by atoms with E-state index >= 15 is 0 Å². The summed E-state index contributed by atoms with van der Waals surface area (Å²) in [5.74, 6) is -2.36. The molecule has 0 unspecified atom stereocenters. The van der Waals surface area contributed by atoms with E-state index in [0.29, 0.717) is 16.3 Å². The van der Waals surface area contributed by atoms with Crippen LogP contribution in [-0.4, -0.2) is 40.9 Å². The Labute approximate surface area is 172 Å². The van der Waals surface area contributed by atoms with E-state index in [2.05, 4.69) is 5.10 Å². The highest BCUT2D eigenvalue weighted by atomic mass is 35.5. The molecule has 0 aromatic heterocycles. The summed E-state index contributed by atoms with van der Waals surface area (Å²) in [6.45, 7) is 0. The second-order valence-corrected chi connectivity index (χ2v) is 7.67. The monoisotopic (exact) mass is 405 g/mol. The zero-order chi connectivity index (χ0) is 20.1. The molecule has 29 heavy (non-hydrogen) atoms. The second-order valence-electron chi connectivity index (χ2n) is 7.24. The molecule has 0 spiro atoms. The molecule has 5 rings (SSSR count). The van der Waals surface area contributed by atoms with Crippen molar-refractivity contribution < 1.29 is 14.4 Å². The van der Waals surface area contributed by atoms with Gasteiger partial charge in [0.25, 0.3) is 0 Å². The van der Waals surface area contributed by atoms with Gasteiger partial charge in [0.15, 0.2) is 5.78 Å². The van der Waals surface area contributed by atoms with Gasteiger partial charge < -0.3 is 0 Å². The van der Waals surface area contributed by atoms with Gasteiger partial charge in [0, 0.05) is 16.8 Å². The van der Waals surface area contributed by atoms with Crippen molar-refractivity contribution in [3.8, 4) is 0 Å². The summed E-state index contributed by atoms with van der Waals surface area (Å²) in [6, 6.07) is 14.1. The number of carbonyl (C=O) groups excluding carboxylic acids is 3. The number of benzene rings is 2. The van der Waals surface area contributed by atoms with Gasteiger partial charge in [0.1, 0.15) is 6.04 Å². The van der Waals surface area contributed by atoms with Gasteiger partial charge in [-0.15, -0.1) is 0 Å². The van der Waals surface area contributed by atoms with Gasteiger partial charge in [-0.25, -0.2) is 4.90 Å². The zero-order valence-electron chi connectivity index (χ0n) is 15.2. The molecule has 0 radical (unpaired) electrons. The van der Waals surface area contributed by atoms with Gasteiger partial charge in [-0.05, 0) is 42.5 Å². The van der Waals surface area contributed by atoms with Gasteiger partial charge >= 0.3 is 0 Å². The summed E-state index contributed by atoms with van der Waals surface area (Å²) in [7, 11) is 0. The van der Waals surface area contributed by atoms with Crippen molar-refractivity contribution in [2.24, 2.45) is 16.9 Å². The number of amides is 2. The highest BCUT2D eigenvalue weighted by Crippen LogP contribution is 2.46. The van der Waals surface area contributed by atoms with E-state index < -0.39 is 23.9 Å². The molecule has 3 aliphatic rings. The number of carbonyl (C=O) groups is 3. The lowest BCUT2D eigenvalue weighted by molar-refractivity contribution is -0.123. The minimum Gasteiger partial charge on any atom is -0.292 e. The van der Waals surface area contributed by atoms with Crippen molar-refractivity contribution in [1.29, 1.82) is 0 Å². The Hall–Kier alpha value is -3.25. The molecule has 2 saturated heterocycles. The number of hydrogen-bond donors (Lipinski definition) is 0. The van der Waals surface area contributed by atoms with Crippen molar-refractivity contribution in [2.45, 2.75) is 12.1 Å². The summed E-state index contributed by atoms with van der Waals surface area (Å²) in [4.78, 5) is 41.2. The Morgan fingerprint density at radius 1 is 0.931 bits per heavy atom. The lowest BCUT2D eigenvalue weighted by atomic mass is 9.86. The highest BCUT2D eigenvalue weighted by Gasteiger charge is 2.64. The number of anilines is 1. The largest absolute Gasteiger partial charge is 0.292 e. The Bertz CT molecular complexity index is 1060. The van der Waals surface area contributed by atoms with E-state index in [0.717, 1.165) is 0 Å². The molecule has 7 heteroatoms. The number of halogens is 1. The standard InChI is InChI=1S/C22H16ClN3O3/c23-14-10-8-13(9-11-14)20(27)19-18-17(16-7-4-12-24-26(16)19)21(28)25(22(18)29)15-5-2-1-3-6-15/h1-12,16-19H/t16-,17+,18+,19+/m0/s1. The van der Waals surface area contributed by atoms with Crippen molar-refractivity contribution in [1.82, 2.24) is 5.01 Å². The maximum absolute atomic E-state index is 13.4. The fourth-order valence-electron chi connectivity index (χ4n) is 4.45. The third kappa shape index (κ3) is 2.63. The lowest BCUT2D eigenvalue weighted by Crippen LogP contribution is -2.46. The summed E-state index contributed by atoms with van der Waals surface area (Å²) in [5, 5.41) is 6.46. The average molecular weight is 406 g/mol. The number of fused-ring (bicyclic) bond motifs is 3. The molecule has 6 nitrogen and oxygen atoms in total. The normalized spacial score (nSPS) is 27.3. The zero-order valence-corrected chi connectivity index (χ0v) is 15.9. The first-order valence-electron chi connectivity index (χ1n) is 9.29. The van der Waals surface area contributed by atoms with Gasteiger partial charge in [0.05, 0.1) is 23.6 Å². The summed E-state index contributed by atoms with van der Waals surface area (Å²) < 4.78 is 0. The number of Topliss-reactive ketones (excluding diaryl/α,β-unsaturated/α-hetero) is 1. The van der Waals surface area contributed by atoms with Crippen LogP contribution in [0.1, 0.15) is 10.4 Å². The average Bonchev–Trinajstić information content (AvgIpc) is 3.22. The van der Waals surface area contributed by atoms with Crippen LogP contribution >= 0.6 is 11.6 Å². The molecule has 3 heterocycles. The topological polar surface area (TPSA) is 70.0 Å². The van der Waals surface area contributed by atoms with E-state index in [-0.39, 0.29) is 17.6 Å². The molecule has 2 aromatic carbocycles. The van der Waals surface area contributed by atoms with Gasteiger partial charge in [-0.1, -0.05) is 35.9 Å². The first-order chi connectivity index (χ1) is 14.1. The summed E-state index contributed by atoms with van der Waals surface area (Å²) >= 11 is 5.95. The second kappa shape index (κ2) is 6.67. The molecule has 2 fully saturated rings. The number of rotatable bonds is 3. The fraction of sp³-hybridized carbons (Fsp3) is 0.182. The molecule has 3 aliphatic heterocycles. The number of imide groups is 1. The number of allylic oxidation sites excluding steroid dienone is 1. The molecule has 0 bridgehead atoms. The molecule has 0 N–H and O–H groups in total. The van der Waals surface area contributed by atoms with Gasteiger partial charge in [-0.3, -0.25) is 19.4 Å². The van der Waals surface area contributed by atoms with Gasteiger partial charge in [-0.2, -0.15) is 5.10 Å². The lowest BCUT2D eigenvalue weighted by Gasteiger charge is -2.30. The van der Waals surface area contributed by atoms with Crippen LogP contribution in [0, 0.1) is 11.8 Å². The maximum Gasteiger partial charge on any atom is 0.240 e. The highest BCUT2D eigenvalue weighted by molar-refractivity contribution is 6.30. The number of hydrogen-bond acceptors (Lipinski definition) is 5. The molecular weight excluding hydrogens is 390 g/mol. The third-order valence-electron chi connectivity index (χ3n) is 5.70. The fourth-order valence-corrected chi connectivity index (χ4v) is 4.58. The molecule has 0 saturated carbocycles. The van der Waals surface area contributed by atoms with Crippen LogP contribution in [0.25, 0.3) is 0 Å². The first-order valence-corrected chi connectivity index (χ1v) is 9.67. The number of para-hydroxylation sites is 1. The third-order valence-corrected chi connectivity index (χ3v) is 5.95. The first kappa shape index (κ1) is 17.8. The number of nitrogens with zero attached hydrogens (tertiary/aromatic N) is 3. The van der Waals surface area contributed by atoms with E-state index in [4.69, 9.17) is 11.6 Å².